The maximum Gasteiger partial charge on any atom is 0.413 e. The number of amides is 2. The van der Waals surface area contributed by atoms with Crippen LogP contribution in [0.4, 0.5) is 4.79 Å². The van der Waals surface area contributed by atoms with Gasteiger partial charge in [-0.3, -0.25) is 10.1 Å². The number of hydrogen-bond acceptors (Lipinski definition) is 6. The summed E-state index contributed by atoms with van der Waals surface area (Å²) in [7, 11) is 0. The lowest BCUT2D eigenvalue weighted by atomic mass is 10.2. The average Bonchev–Trinajstić information content (AvgIpc) is 2.44. The van der Waals surface area contributed by atoms with Gasteiger partial charge in [0.25, 0.3) is 5.91 Å². The number of aryl methyl sites for hydroxylation is 1. The molecular formula is C14H17NO6. The molecule has 1 rings (SSSR count). The van der Waals surface area contributed by atoms with E-state index >= 15 is 0 Å². The van der Waals surface area contributed by atoms with E-state index in [0.717, 1.165) is 5.56 Å². The molecule has 7 heteroatoms. The number of para-hydroxylation sites is 1. The van der Waals surface area contributed by atoms with E-state index < -0.39 is 24.6 Å². The van der Waals surface area contributed by atoms with Gasteiger partial charge >= 0.3 is 12.1 Å². The Bertz CT molecular complexity index is 514. The second kappa shape index (κ2) is 8.57. The van der Waals surface area contributed by atoms with Gasteiger partial charge in [0, 0.05) is 0 Å². The minimum absolute atomic E-state index is 0.142. The average molecular weight is 295 g/mol. The van der Waals surface area contributed by atoms with E-state index in [1.807, 2.05) is 24.4 Å². The molecule has 114 valence electrons. The van der Waals surface area contributed by atoms with Crippen molar-refractivity contribution in [2.45, 2.75) is 13.8 Å². The third kappa shape index (κ3) is 6.42. The maximum atomic E-state index is 11.4. The predicted molar refractivity (Wildman–Crippen MR) is 72.8 cm³/mol. The zero-order valence-corrected chi connectivity index (χ0v) is 11.9. The Morgan fingerprint density at radius 2 is 1.81 bits per heavy atom. The van der Waals surface area contributed by atoms with Gasteiger partial charge in [-0.1, -0.05) is 18.2 Å². The van der Waals surface area contributed by atoms with E-state index in [-0.39, 0.29) is 13.2 Å². The van der Waals surface area contributed by atoms with Crippen molar-refractivity contribution in [2.75, 3.05) is 19.8 Å². The van der Waals surface area contributed by atoms with Gasteiger partial charge < -0.3 is 14.2 Å². The van der Waals surface area contributed by atoms with Gasteiger partial charge in [0.05, 0.1) is 6.61 Å². The maximum absolute atomic E-state index is 11.4. The van der Waals surface area contributed by atoms with Gasteiger partial charge in [-0.2, -0.15) is 0 Å². The molecule has 0 fully saturated rings. The molecule has 0 radical (unpaired) electrons. The summed E-state index contributed by atoms with van der Waals surface area (Å²) in [5.74, 6) is -0.916. The number of nitrogens with one attached hydrogen (secondary N) is 1. The van der Waals surface area contributed by atoms with Crippen LogP contribution in [0.3, 0.4) is 0 Å². The van der Waals surface area contributed by atoms with Crippen LogP contribution in [0.2, 0.25) is 0 Å². The standard InChI is InChI=1S/C14H17NO6/c1-3-19-14(18)15-12(16)8-21-13(17)9-20-11-7-5-4-6-10(11)2/h4-7H,3,8-9H2,1-2H3,(H,15,16,18). The molecule has 0 atom stereocenters. The molecule has 0 bridgehead atoms. The van der Waals surface area contributed by atoms with Crippen LogP contribution in [0, 0.1) is 6.92 Å². The number of benzene rings is 1. The van der Waals surface area contributed by atoms with Crippen LogP contribution in [0.1, 0.15) is 12.5 Å². The first-order chi connectivity index (χ1) is 10.0. The van der Waals surface area contributed by atoms with Crippen molar-refractivity contribution >= 4 is 18.0 Å². The van der Waals surface area contributed by atoms with Gasteiger partial charge in [-0.25, -0.2) is 9.59 Å². The number of hydrogen-bond donors (Lipinski definition) is 1. The number of carbonyl (C=O) groups is 3. The highest BCUT2D eigenvalue weighted by atomic mass is 16.6. The van der Waals surface area contributed by atoms with Crippen LogP contribution in [0.5, 0.6) is 5.75 Å². The van der Waals surface area contributed by atoms with Crippen LogP contribution >= 0.6 is 0 Å². The first-order valence-electron chi connectivity index (χ1n) is 6.33. The molecule has 7 nitrogen and oxygen atoms in total. The lowest BCUT2D eigenvalue weighted by Crippen LogP contribution is -2.35. The first-order valence-corrected chi connectivity index (χ1v) is 6.33. The van der Waals surface area contributed by atoms with Crippen LogP contribution in [-0.4, -0.2) is 37.8 Å². The highest BCUT2D eigenvalue weighted by Gasteiger charge is 2.12. The first kappa shape index (κ1) is 16.5. The predicted octanol–water partition coefficient (Wildman–Crippen LogP) is 1.19. The lowest BCUT2D eigenvalue weighted by molar-refractivity contribution is -0.150. The topological polar surface area (TPSA) is 90.9 Å². The van der Waals surface area contributed by atoms with E-state index in [0.29, 0.717) is 5.75 Å². The number of imide groups is 1. The Morgan fingerprint density at radius 3 is 2.48 bits per heavy atom. The number of carbonyl (C=O) groups excluding carboxylic acids is 3. The minimum Gasteiger partial charge on any atom is -0.482 e. The Labute approximate surface area is 122 Å². The molecule has 0 spiro atoms. The van der Waals surface area contributed by atoms with Crippen LogP contribution < -0.4 is 10.1 Å². The highest BCUT2D eigenvalue weighted by Crippen LogP contribution is 2.15. The van der Waals surface area contributed by atoms with Crippen molar-refractivity contribution in [3.63, 3.8) is 0 Å². The van der Waals surface area contributed by atoms with Crippen molar-refractivity contribution < 1.29 is 28.6 Å². The zero-order valence-electron chi connectivity index (χ0n) is 11.9. The summed E-state index contributed by atoms with van der Waals surface area (Å²) in [5.41, 5.74) is 0.880. The summed E-state index contributed by atoms with van der Waals surface area (Å²) in [6.45, 7) is 2.69. The fourth-order valence-electron chi connectivity index (χ4n) is 1.36. The van der Waals surface area contributed by atoms with Gasteiger partial charge in [0.1, 0.15) is 5.75 Å². The third-order valence-electron chi connectivity index (χ3n) is 2.32. The normalized spacial score (nSPS) is 9.62. The monoisotopic (exact) mass is 295 g/mol. The second-order valence-corrected chi connectivity index (χ2v) is 3.98. The molecule has 0 saturated carbocycles. The Kier molecular flexibility index (Phi) is 6.73. The third-order valence-corrected chi connectivity index (χ3v) is 2.32. The summed E-state index contributed by atoms with van der Waals surface area (Å²) < 4.78 is 14.4. The molecule has 0 aliphatic heterocycles. The quantitative estimate of drug-likeness (QED) is 0.793. The summed E-state index contributed by atoms with van der Waals surface area (Å²) in [4.78, 5) is 33.6. The summed E-state index contributed by atoms with van der Waals surface area (Å²) in [5, 5.41) is 1.90. The molecule has 2 amide bonds. The largest absolute Gasteiger partial charge is 0.482 e. The molecule has 0 aromatic heterocycles. The number of esters is 1. The molecule has 1 N–H and O–H groups in total. The molecular weight excluding hydrogens is 278 g/mol. The molecule has 0 saturated heterocycles. The van der Waals surface area contributed by atoms with Crippen LogP contribution in [0.15, 0.2) is 24.3 Å². The van der Waals surface area contributed by atoms with Gasteiger partial charge in [-0.15, -0.1) is 0 Å². The number of rotatable bonds is 6. The highest BCUT2D eigenvalue weighted by molar-refractivity contribution is 5.93. The lowest BCUT2D eigenvalue weighted by Gasteiger charge is -2.08. The second-order valence-electron chi connectivity index (χ2n) is 3.98. The summed E-state index contributed by atoms with van der Waals surface area (Å²) in [6.07, 6.45) is -0.880. The van der Waals surface area contributed by atoms with Crippen molar-refractivity contribution in [1.29, 1.82) is 0 Å². The van der Waals surface area contributed by atoms with Crippen LogP contribution in [0.25, 0.3) is 0 Å². The van der Waals surface area contributed by atoms with Crippen molar-refractivity contribution in [2.24, 2.45) is 0 Å². The van der Waals surface area contributed by atoms with E-state index in [1.165, 1.54) is 0 Å². The molecule has 0 aliphatic rings. The fraction of sp³-hybridized carbons (Fsp3) is 0.357. The number of ether oxygens (including phenoxy) is 3. The van der Waals surface area contributed by atoms with Crippen molar-refractivity contribution in [3.05, 3.63) is 29.8 Å². The van der Waals surface area contributed by atoms with E-state index in [9.17, 15) is 14.4 Å². The Balaban J connectivity index is 2.27. The smallest absolute Gasteiger partial charge is 0.413 e. The fourth-order valence-corrected chi connectivity index (χ4v) is 1.36. The van der Waals surface area contributed by atoms with Gasteiger partial charge in [0.2, 0.25) is 0 Å². The molecule has 1 aromatic rings. The van der Waals surface area contributed by atoms with Crippen molar-refractivity contribution in [1.82, 2.24) is 5.32 Å². The zero-order chi connectivity index (χ0) is 15.7. The molecule has 1 aromatic carbocycles. The van der Waals surface area contributed by atoms with Gasteiger partial charge in [0.15, 0.2) is 13.2 Å². The summed E-state index contributed by atoms with van der Waals surface area (Å²) >= 11 is 0. The molecule has 0 unspecified atom stereocenters. The van der Waals surface area contributed by atoms with Gasteiger partial charge in [-0.05, 0) is 25.5 Å². The van der Waals surface area contributed by atoms with E-state index in [2.05, 4.69) is 9.47 Å². The molecule has 0 aliphatic carbocycles. The summed E-state index contributed by atoms with van der Waals surface area (Å²) in [6, 6.07) is 7.18. The minimum atomic E-state index is -0.880. The molecule has 0 heterocycles. The number of alkyl carbamates (subject to hydrolysis) is 1. The van der Waals surface area contributed by atoms with E-state index in [1.54, 1.807) is 19.1 Å². The van der Waals surface area contributed by atoms with Crippen molar-refractivity contribution in [3.8, 4) is 5.75 Å². The Morgan fingerprint density at radius 1 is 1.10 bits per heavy atom. The van der Waals surface area contributed by atoms with Crippen LogP contribution in [-0.2, 0) is 19.1 Å². The Hall–Kier alpha value is -2.57. The molecule has 21 heavy (non-hydrogen) atoms. The van der Waals surface area contributed by atoms with E-state index in [4.69, 9.17) is 4.74 Å². The SMILES string of the molecule is CCOC(=O)NC(=O)COC(=O)COc1ccccc1C.